The van der Waals surface area contributed by atoms with Gasteiger partial charge in [0.2, 0.25) is 0 Å². The van der Waals surface area contributed by atoms with Crippen LogP contribution in [0.2, 0.25) is 0 Å². The van der Waals surface area contributed by atoms with Crippen molar-refractivity contribution in [2.24, 2.45) is 0 Å². The fraction of sp³-hybridized carbons (Fsp3) is 0.200. The van der Waals surface area contributed by atoms with Crippen molar-refractivity contribution in [1.82, 2.24) is 20.3 Å². The first-order valence-electron chi connectivity index (χ1n) is 6.84. The molecule has 3 heterocycles. The summed E-state index contributed by atoms with van der Waals surface area (Å²) in [4.78, 5) is 25.9. The molecule has 0 aliphatic carbocycles. The minimum atomic E-state index is -1.10. The number of hydrogen-bond acceptors (Lipinski definition) is 7. The summed E-state index contributed by atoms with van der Waals surface area (Å²) in [5, 5.41) is 15.6. The van der Waals surface area contributed by atoms with Gasteiger partial charge in [0.15, 0.2) is 10.8 Å². The summed E-state index contributed by atoms with van der Waals surface area (Å²) in [7, 11) is 0. The van der Waals surface area contributed by atoms with E-state index in [0.29, 0.717) is 15.7 Å². The normalized spacial score (nSPS) is 13.5. The number of hydrogen-bond donors (Lipinski definition) is 2. The lowest BCUT2D eigenvalue weighted by Crippen LogP contribution is -2.37. The molecule has 1 atom stereocenters. The van der Waals surface area contributed by atoms with Gasteiger partial charge in [-0.3, -0.25) is 4.79 Å². The van der Waals surface area contributed by atoms with E-state index in [1.165, 1.54) is 28.9 Å². The third-order valence-corrected chi connectivity index (χ3v) is 5.25. The first-order chi connectivity index (χ1) is 11.1. The summed E-state index contributed by atoms with van der Waals surface area (Å²) in [5.41, 5.74) is -1.10. The second-order valence-electron chi connectivity index (χ2n) is 5.04. The maximum atomic E-state index is 12.2. The van der Waals surface area contributed by atoms with Gasteiger partial charge in [0.05, 0.1) is 12.7 Å². The number of aromatic nitrogens is 3. The summed E-state index contributed by atoms with van der Waals surface area (Å²) in [6, 6.07) is 5.43. The van der Waals surface area contributed by atoms with Crippen LogP contribution in [0.3, 0.4) is 0 Å². The maximum absolute atomic E-state index is 12.2. The zero-order valence-electron chi connectivity index (χ0n) is 12.3. The number of amides is 1. The third-order valence-electron chi connectivity index (χ3n) is 3.13. The van der Waals surface area contributed by atoms with Gasteiger partial charge in [-0.25, -0.2) is 15.0 Å². The molecule has 6 nitrogen and oxygen atoms in total. The van der Waals surface area contributed by atoms with Crippen LogP contribution in [0.5, 0.6) is 0 Å². The van der Waals surface area contributed by atoms with Crippen molar-refractivity contribution >= 4 is 28.6 Å². The number of nitrogens with zero attached hydrogens (tertiary/aromatic N) is 3. The number of carbonyl (C=O) groups excluding carboxylic acids is 1. The lowest BCUT2D eigenvalue weighted by Gasteiger charge is -2.21. The highest BCUT2D eigenvalue weighted by Crippen LogP contribution is 2.25. The standard InChI is InChI=1S/C15H14N4O2S2/c1-15(21,11-4-2-7-22-11)9-19-13(20)10-8-18-14(23-10)12-16-5-3-6-17-12/h2-8,21H,9H2,1H3,(H,19,20). The van der Waals surface area contributed by atoms with Crippen molar-refractivity contribution in [1.29, 1.82) is 0 Å². The molecule has 3 rings (SSSR count). The fourth-order valence-corrected chi connectivity index (χ4v) is 3.47. The molecule has 118 valence electrons. The van der Waals surface area contributed by atoms with Gasteiger partial charge in [-0.2, -0.15) is 0 Å². The van der Waals surface area contributed by atoms with Crippen LogP contribution in [0.1, 0.15) is 21.5 Å². The highest BCUT2D eigenvalue weighted by molar-refractivity contribution is 7.16. The summed E-state index contributed by atoms with van der Waals surface area (Å²) < 4.78 is 0. The number of nitrogens with one attached hydrogen (secondary N) is 1. The Balaban J connectivity index is 1.66. The van der Waals surface area contributed by atoms with Crippen molar-refractivity contribution in [2.75, 3.05) is 6.54 Å². The van der Waals surface area contributed by atoms with Gasteiger partial charge < -0.3 is 10.4 Å². The van der Waals surface area contributed by atoms with E-state index < -0.39 is 5.60 Å². The molecule has 23 heavy (non-hydrogen) atoms. The Morgan fingerprint density at radius 1 is 1.30 bits per heavy atom. The quantitative estimate of drug-likeness (QED) is 0.740. The predicted octanol–water partition coefficient (Wildman–Crippen LogP) is 2.30. The number of thiazole rings is 1. The summed E-state index contributed by atoms with van der Waals surface area (Å²) in [6.45, 7) is 1.80. The van der Waals surface area contributed by atoms with Crippen LogP contribution < -0.4 is 5.32 Å². The van der Waals surface area contributed by atoms with Gasteiger partial charge >= 0.3 is 0 Å². The third kappa shape index (κ3) is 3.61. The molecule has 1 amide bonds. The maximum Gasteiger partial charge on any atom is 0.263 e. The van der Waals surface area contributed by atoms with Gasteiger partial charge in [-0.1, -0.05) is 6.07 Å². The molecule has 0 bridgehead atoms. The number of thiophene rings is 1. The molecule has 0 aliphatic rings. The second kappa shape index (κ2) is 6.53. The molecule has 2 N–H and O–H groups in total. The Kier molecular flexibility index (Phi) is 4.46. The van der Waals surface area contributed by atoms with Crippen LogP contribution in [0.4, 0.5) is 0 Å². The smallest absolute Gasteiger partial charge is 0.263 e. The second-order valence-corrected chi connectivity index (χ2v) is 7.01. The van der Waals surface area contributed by atoms with Gasteiger partial charge in [0.1, 0.15) is 10.5 Å². The fourth-order valence-electron chi connectivity index (χ4n) is 1.90. The van der Waals surface area contributed by atoms with Crippen LogP contribution in [0.25, 0.3) is 10.8 Å². The first-order valence-corrected chi connectivity index (χ1v) is 8.54. The lowest BCUT2D eigenvalue weighted by molar-refractivity contribution is 0.0558. The van der Waals surface area contributed by atoms with Crippen molar-refractivity contribution in [3.05, 3.63) is 51.9 Å². The molecule has 0 saturated heterocycles. The lowest BCUT2D eigenvalue weighted by atomic mass is 10.1. The monoisotopic (exact) mass is 346 g/mol. The van der Waals surface area contributed by atoms with Gasteiger partial charge in [-0.05, 0) is 24.4 Å². The number of carbonyl (C=O) groups is 1. The Morgan fingerprint density at radius 3 is 2.78 bits per heavy atom. The molecule has 0 aromatic carbocycles. The Morgan fingerprint density at radius 2 is 2.09 bits per heavy atom. The largest absolute Gasteiger partial charge is 0.383 e. The van der Waals surface area contributed by atoms with Gasteiger partial charge in [-0.15, -0.1) is 22.7 Å². The summed E-state index contributed by atoms with van der Waals surface area (Å²) in [6.07, 6.45) is 4.74. The molecule has 3 aromatic heterocycles. The van der Waals surface area contributed by atoms with Crippen molar-refractivity contribution in [3.8, 4) is 10.8 Å². The van der Waals surface area contributed by atoms with Crippen molar-refractivity contribution in [3.63, 3.8) is 0 Å². The molecule has 0 spiro atoms. The molecule has 0 fully saturated rings. The van der Waals surface area contributed by atoms with E-state index in [4.69, 9.17) is 0 Å². The highest BCUT2D eigenvalue weighted by Gasteiger charge is 2.25. The molecular formula is C15H14N4O2S2. The SMILES string of the molecule is CC(O)(CNC(=O)c1cnc(-c2ncccn2)s1)c1cccs1. The highest BCUT2D eigenvalue weighted by atomic mass is 32.1. The van der Waals surface area contributed by atoms with E-state index in [9.17, 15) is 9.90 Å². The van der Waals surface area contributed by atoms with Crippen LogP contribution in [-0.4, -0.2) is 32.5 Å². The number of rotatable bonds is 5. The molecule has 0 aliphatic heterocycles. The van der Waals surface area contributed by atoms with Crippen molar-refractivity contribution in [2.45, 2.75) is 12.5 Å². The molecule has 0 saturated carbocycles. The van der Waals surface area contributed by atoms with Crippen LogP contribution >= 0.6 is 22.7 Å². The topological polar surface area (TPSA) is 88.0 Å². The van der Waals surface area contributed by atoms with Gasteiger partial charge in [0.25, 0.3) is 5.91 Å². The minimum Gasteiger partial charge on any atom is -0.383 e. The molecule has 3 aromatic rings. The Bertz CT molecular complexity index is 785. The number of aliphatic hydroxyl groups is 1. The molecular weight excluding hydrogens is 332 g/mol. The minimum absolute atomic E-state index is 0.126. The average Bonchev–Trinajstić information content (AvgIpc) is 3.25. The van der Waals surface area contributed by atoms with Crippen LogP contribution in [0.15, 0.2) is 42.2 Å². The van der Waals surface area contributed by atoms with Crippen molar-refractivity contribution < 1.29 is 9.90 Å². The molecule has 1 unspecified atom stereocenters. The first kappa shape index (κ1) is 15.7. The van der Waals surface area contributed by atoms with E-state index in [1.54, 1.807) is 25.4 Å². The van der Waals surface area contributed by atoms with E-state index in [1.807, 2.05) is 17.5 Å². The Hall–Kier alpha value is -2.16. The van der Waals surface area contributed by atoms with E-state index in [-0.39, 0.29) is 12.5 Å². The molecule has 8 heteroatoms. The zero-order chi connectivity index (χ0) is 16.3. The van der Waals surface area contributed by atoms with Crippen LogP contribution in [0, 0.1) is 0 Å². The predicted molar refractivity (Wildman–Crippen MR) is 89.4 cm³/mol. The summed E-state index contributed by atoms with van der Waals surface area (Å²) >= 11 is 2.67. The average molecular weight is 346 g/mol. The van der Waals surface area contributed by atoms with E-state index in [0.717, 1.165) is 4.88 Å². The van der Waals surface area contributed by atoms with E-state index in [2.05, 4.69) is 20.3 Å². The molecule has 0 radical (unpaired) electrons. The summed E-state index contributed by atoms with van der Waals surface area (Å²) in [5.74, 6) is 0.212. The van der Waals surface area contributed by atoms with Crippen LogP contribution in [-0.2, 0) is 5.60 Å². The Labute approximate surface area is 140 Å². The van der Waals surface area contributed by atoms with E-state index >= 15 is 0 Å². The van der Waals surface area contributed by atoms with Gasteiger partial charge in [0, 0.05) is 17.3 Å². The zero-order valence-corrected chi connectivity index (χ0v) is 13.9.